The molecule has 0 bridgehead atoms. The van der Waals surface area contributed by atoms with Crippen LogP contribution in [0.15, 0.2) is 38.3 Å². The van der Waals surface area contributed by atoms with Crippen molar-refractivity contribution in [3.05, 3.63) is 39.7 Å². The van der Waals surface area contributed by atoms with E-state index in [1.165, 1.54) is 23.1 Å². The second-order valence-corrected chi connectivity index (χ2v) is 7.89. The molecule has 0 fully saturated rings. The van der Waals surface area contributed by atoms with Crippen molar-refractivity contribution in [2.45, 2.75) is 15.1 Å². The van der Waals surface area contributed by atoms with Crippen LogP contribution in [0.25, 0.3) is 11.3 Å². The van der Waals surface area contributed by atoms with Crippen LogP contribution in [0.2, 0.25) is 5.02 Å². The lowest BCUT2D eigenvalue weighted by Gasteiger charge is -1.95. The van der Waals surface area contributed by atoms with E-state index in [1.807, 2.05) is 29.6 Å². The van der Waals surface area contributed by atoms with E-state index in [0.717, 1.165) is 24.9 Å². The monoisotopic (exact) mass is 355 g/mol. The molecule has 0 saturated carbocycles. The minimum atomic E-state index is 0.0945. The summed E-state index contributed by atoms with van der Waals surface area (Å²) in [6.07, 6.45) is 0.548. The molecule has 0 atom stereocenters. The van der Waals surface area contributed by atoms with Gasteiger partial charge >= 0.3 is 0 Å². The molecule has 0 aliphatic carbocycles. The zero-order valence-electron chi connectivity index (χ0n) is 10.7. The number of halogens is 1. The smallest absolute Gasteiger partial charge is 0.181 e. The lowest BCUT2D eigenvalue weighted by Crippen LogP contribution is -1.88. The van der Waals surface area contributed by atoms with Crippen molar-refractivity contribution in [1.29, 1.82) is 0 Å². The Morgan fingerprint density at radius 3 is 2.71 bits per heavy atom. The van der Waals surface area contributed by atoms with Crippen LogP contribution < -0.4 is 0 Å². The van der Waals surface area contributed by atoms with Gasteiger partial charge in [-0.3, -0.25) is 0 Å². The number of hydrogen-bond donors (Lipinski definition) is 1. The van der Waals surface area contributed by atoms with Gasteiger partial charge in [0.05, 0.1) is 5.69 Å². The van der Waals surface area contributed by atoms with E-state index in [9.17, 15) is 0 Å². The molecule has 1 aromatic carbocycles. The maximum atomic E-state index is 8.88. The number of nitrogens with zero attached hydrogens (tertiary/aromatic N) is 3. The number of hydrogen-bond acceptors (Lipinski definition) is 7. The molecule has 0 amide bonds. The summed E-state index contributed by atoms with van der Waals surface area (Å²) in [5.41, 5.74) is 1.97. The van der Waals surface area contributed by atoms with Crippen LogP contribution in [0.3, 0.4) is 0 Å². The van der Waals surface area contributed by atoms with Crippen molar-refractivity contribution >= 4 is 46.0 Å². The normalized spacial score (nSPS) is 11.0. The fourth-order valence-corrected chi connectivity index (χ4v) is 4.64. The lowest BCUT2D eigenvalue weighted by atomic mass is 10.2. The van der Waals surface area contributed by atoms with Gasteiger partial charge in [0.25, 0.3) is 0 Å². The van der Waals surface area contributed by atoms with Crippen LogP contribution in [0.4, 0.5) is 0 Å². The minimum absolute atomic E-state index is 0.0945. The summed E-state index contributed by atoms with van der Waals surface area (Å²) in [5, 5.41) is 20.6. The molecule has 108 valence electrons. The molecule has 0 aliphatic rings. The van der Waals surface area contributed by atoms with Crippen LogP contribution in [0.5, 0.6) is 0 Å². The molecule has 0 saturated heterocycles. The molecule has 21 heavy (non-hydrogen) atoms. The largest absolute Gasteiger partial charge is 0.396 e. The second-order valence-electron chi connectivity index (χ2n) is 4.04. The molecule has 4 nitrogen and oxygen atoms in total. The standard InChI is InChI=1S/C13H10ClN3OS3/c14-9-3-1-8(2-4-9)10-7-19-12(15-10)21-13-17-16-11(20-13)5-6-18/h1-4,7,18H,5-6H2. The maximum Gasteiger partial charge on any atom is 0.181 e. The van der Waals surface area contributed by atoms with Crippen molar-refractivity contribution < 1.29 is 5.11 Å². The summed E-state index contributed by atoms with van der Waals surface area (Å²) in [6.45, 7) is 0.0945. The predicted octanol–water partition coefficient (Wildman–Crippen LogP) is 4.00. The zero-order valence-corrected chi connectivity index (χ0v) is 13.9. The van der Waals surface area contributed by atoms with E-state index < -0.39 is 0 Å². The van der Waals surface area contributed by atoms with E-state index in [4.69, 9.17) is 16.7 Å². The summed E-state index contributed by atoms with van der Waals surface area (Å²) < 4.78 is 1.77. The second kappa shape index (κ2) is 6.85. The highest BCUT2D eigenvalue weighted by Gasteiger charge is 2.10. The number of rotatable bonds is 5. The van der Waals surface area contributed by atoms with Gasteiger partial charge in [-0.1, -0.05) is 35.1 Å². The third-order valence-corrected chi connectivity index (χ3v) is 5.80. The van der Waals surface area contributed by atoms with Gasteiger partial charge in [-0.15, -0.1) is 21.5 Å². The zero-order chi connectivity index (χ0) is 14.7. The van der Waals surface area contributed by atoms with Gasteiger partial charge in [-0.05, 0) is 23.9 Å². The molecule has 3 rings (SSSR count). The molecule has 0 radical (unpaired) electrons. The first-order valence-electron chi connectivity index (χ1n) is 6.07. The van der Waals surface area contributed by atoms with Crippen molar-refractivity contribution in [3.63, 3.8) is 0 Å². The summed E-state index contributed by atoms with van der Waals surface area (Å²) in [5.74, 6) is 0. The van der Waals surface area contributed by atoms with E-state index in [1.54, 1.807) is 11.3 Å². The number of thiazole rings is 1. The maximum absolute atomic E-state index is 8.88. The SMILES string of the molecule is OCCc1nnc(Sc2nc(-c3ccc(Cl)cc3)cs2)s1. The first-order chi connectivity index (χ1) is 10.2. The van der Waals surface area contributed by atoms with Crippen molar-refractivity contribution in [3.8, 4) is 11.3 Å². The fraction of sp³-hybridized carbons (Fsp3) is 0.154. The highest BCUT2D eigenvalue weighted by molar-refractivity contribution is 8.02. The first kappa shape index (κ1) is 14.9. The Labute approximate surface area is 138 Å². The molecular formula is C13H10ClN3OS3. The van der Waals surface area contributed by atoms with Crippen LogP contribution in [-0.4, -0.2) is 26.9 Å². The molecule has 0 spiro atoms. The highest BCUT2D eigenvalue weighted by atomic mass is 35.5. The van der Waals surface area contributed by atoms with Crippen LogP contribution in [-0.2, 0) is 6.42 Å². The van der Waals surface area contributed by atoms with Crippen molar-refractivity contribution in [2.24, 2.45) is 0 Å². The van der Waals surface area contributed by atoms with Crippen LogP contribution >= 0.6 is 46.0 Å². The van der Waals surface area contributed by atoms with Gasteiger partial charge in [-0.25, -0.2) is 4.98 Å². The van der Waals surface area contributed by atoms with Crippen molar-refractivity contribution in [1.82, 2.24) is 15.2 Å². The van der Waals surface area contributed by atoms with Crippen LogP contribution in [0.1, 0.15) is 5.01 Å². The number of aliphatic hydroxyl groups is 1. The van der Waals surface area contributed by atoms with Gasteiger partial charge < -0.3 is 5.11 Å². The van der Waals surface area contributed by atoms with E-state index in [0.29, 0.717) is 11.4 Å². The topological polar surface area (TPSA) is 58.9 Å². The minimum Gasteiger partial charge on any atom is -0.396 e. The molecule has 1 N–H and O–H groups in total. The number of benzene rings is 1. The van der Waals surface area contributed by atoms with Gasteiger partial charge in [0.1, 0.15) is 5.01 Å². The first-order valence-corrected chi connectivity index (χ1v) is 8.96. The third kappa shape index (κ3) is 3.81. The Morgan fingerprint density at radius 1 is 1.14 bits per heavy atom. The average Bonchev–Trinajstić information content (AvgIpc) is 3.11. The molecule has 8 heteroatoms. The van der Waals surface area contributed by atoms with Gasteiger partial charge in [0.15, 0.2) is 8.68 Å². The van der Waals surface area contributed by atoms with E-state index in [2.05, 4.69) is 15.2 Å². The molecule has 2 heterocycles. The summed E-state index contributed by atoms with van der Waals surface area (Å²) in [6, 6.07) is 7.62. The van der Waals surface area contributed by atoms with E-state index in [-0.39, 0.29) is 6.61 Å². The average molecular weight is 356 g/mol. The van der Waals surface area contributed by atoms with Gasteiger partial charge in [-0.2, -0.15) is 0 Å². The molecule has 3 aromatic rings. The van der Waals surface area contributed by atoms with Crippen LogP contribution in [0, 0.1) is 0 Å². The lowest BCUT2D eigenvalue weighted by molar-refractivity contribution is 0.299. The van der Waals surface area contributed by atoms with Gasteiger partial charge in [0.2, 0.25) is 0 Å². The Bertz CT molecular complexity index is 726. The van der Waals surface area contributed by atoms with Crippen molar-refractivity contribution in [2.75, 3.05) is 6.61 Å². The summed E-state index contributed by atoms with van der Waals surface area (Å²) >= 11 is 10.4. The Hall–Kier alpha value is -0.990. The quantitative estimate of drug-likeness (QED) is 0.749. The Kier molecular flexibility index (Phi) is 4.87. The van der Waals surface area contributed by atoms with E-state index >= 15 is 0 Å². The predicted molar refractivity (Wildman–Crippen MR) is 87.4 cm³/mol. The summed E-state index contributed by atoms with van der Waals surface area (Å²) in [7, 11) is 0. The van der Waals surface area contributed by atoms with Gasteiger partial charge in [0, 0.05) is 29.0 Å². The number of aliphatic hydroxyl groups excluding tert-OH is 1. The molecular weight excluding hydrogens is 346 g/mol. The third-order valence-electron chi connectivity index (χ3n) is 2.57. The summed E-state index contributed by atoms with van der Waals surface area (Å²) in [4.78, 5) is 4.59. The highest BCUT2D eigenvalue weighted by Crippen LogP contribution is 2.34. The number of aromatic nitrogens is 3. The molecule has 0 aliphatic heterocycles. The molecule has 2 aromatic heterocycles. The Morgan fingerprint density at radius 2 is 1.95 bits per heavy atom. The molecule has 0 unspecified atom stereocenters. The Balaban J connectivity index is 1.73. The fourth-order valence-electron chi connectivity index (χ4n) is 1.61.